The van der Waals surface area contributed by atoms with Gasteiger partial charge in [-0.25, -0.2) is 14.6 Å². The molecule has 1 unspecified atom stereocenters. The van der Waals surface area contributed by atoms with E-state index in [9.17, 15) is 9.59 Å². The lowest BCUT2D eigenvalue weighted by Gasteiger charge is -2.33. The van der Waals surface area contributed by atoms with E-state index >= 15 is 0 Å². The zero-order valence-corrected chi connectivity index (χ0v) is 14.8. The molecule has 0 aromatic carbocycles. The van der Waals surface area contributed by atoms with Gasteiger partial charge in [-0.2, -0.15) is 5.10 Å². The predicted octanol–water partition coefficient (Wildman–Crippen LogP) is 1.18. The molecule has 1 aliphatic carbocycles. The Morgan fingerprint density at radius 2 is 1.96 bits per heavy atom. The van der Waals surface area contributed by atoms with Gasteiger partial charge in [0.1, 0.15) is 18.7 Å². The molecule has 2 aromatic rings. The fourth-order valence-corrected chi connectivity index (χ4v) is 3.48. The minimum absolute atomic E-state index is 0.0129. The second kappa shape index (κ2) is 6.51. The molecule has 2 aliphatic rings. The number of amides is 2. The van der Waals surface area contributed by atoms with Crippen LogP contribution in [-0.2, 0) is 4.79 Å². The van der Waals surface area contributed by atoms with E-state index in [0.717, 1.165) is 25.9 Å². The molecule has 1 N–H and O–H groups in total. The number of likely N-dealkylation sites (tertiary alicyclic amines) is 1. The van der Waals surface area contributed by atoms with Crippen molar-refractivity contribution in [3.05, 3.63) is 36.5 Å². The van der Waals surface area contributed by atoms with Gasteiger partial charge in [0.15, 0.2) is 5.82 Å². The van der Waals surface area contributed by atoms with Crippen molar-refractivity contribution in [3.63, 3.8) is 0 Å². The van der Waals surface area contributed by atoms with E-state index in [0.29, 0.717) is 16.8 Å². The Labute approximate surface area is 151 Å². The molecule has 0 bridgehead atoms. The smallest absolute Gasteiger partial charge is 0.253 e. The fraction of sp³-hybridized carbons (Fsp3) is 0.500. The van der Waals surface area contributed by atoms with Crippen LogP contribution in [0, 0.1) is 5.41 Å². The average Bonchev–Trinajstić information content (AvgIpc) is 3.20. The number of rotatable bonds is 4. The highest BCUT2D eigenvalue weighted by atomic mass is 16.2. The molecular weight excluding hydrogens is 332 g/mol. The van der Waals surface area contributed by atoms with Crippen LogP contribution < -0.4 is 5.32 Å². The summed E-state index contributed by atoms with van der Waals surface area (Å²) in [5.74, 6) is 0.255. The monoisotopic (exact) mass is 354 g/mol. The first-order valence-electron chi connectivity index (χ1n) is 8.97. The molecule has 2 amide bonds. The number of aromatic nitrogens is 4. The minimum Gasteiger partial charge on any atom is -0.341 e. The number of hydrogen-bond acceptors (Lipinski definition) is 5. The summed E-state index contributed by atoms with van der Waals surface area (Å²) in [5, 5.41) is 6.77. The van der Waals surface area contributed by atoms with Crippen LogP contribution in [0.25, 0.3) is 5.82 Å². The molecule has 136 valence electrons. The number of pyridine rings is 1. The molecule has 8 nitrogen and oxygen atoms in total. The second-order valence-electron chi connectivity index (χ2n) is 7.27. The number of piperidine rings is 1. The van der Waals surface area contributed by atoms with Crippen molar-refractivity contribution in [1.82, 2.24) is 30.0 Å². The first-order valence-corrected chi connectivity index (χ1v) is 8.97. The van der Waals surface area contributed by atoms with Gasteiger partial charge in [0.05, 0.1) is 5.56 Å². The molecule has 1 saturated carbocycles. The van der Waals surface area contributed by atoms with Gasteiger partial charge in [-0.15, -0.1) is 0 Å². The SMILES string of the molecule is CC(NC(=O)c1ccc(-n2cncn2)nc1)C(=O)N1CCC2(CC1)CC2. The highest BCUT2D eigenvalue weighted by molar-refractivity contribution is 5.97. The highest BCUT2D eigenvalue weighted by Crippen LogP contribution is 2.53. The van der Waals surface area contributed by atoms with E-state index < -0.39 is 6.04 Å². The number of hydrogen-bond donors (Lipinski definition) is 1. The molecule has 0 radical (unpaired) electrons. The van der Waals surface area contributed by atoms with Gasteiger partial charge in [0.2, 0.25) is 5.91 Å². The number of nitrogens with zero attached hydrogens (tertiary/aromatic N) is 5. The van der Waals surface area contributed by atoms with Crippen molar-refractivity contribution >= 4 is 11.8 Å². The van der Waals surface area contributed by atoms with Crippen LogP contribution >= 0.6 is 0 Å². The van der Waals surface area contributed by atoms with Crippen molar-refractivity contribution in [2.75, 3.05) is 13.1 Å². The Morgan fingerprint density at radius 3 is 2.54 bits per heavy atom. The zero-order valence-electron chi connectivity index (χ0n) is 14.8. The first kappa shape index (κ1) is 16.7. The third-order valence-corrected chi connectivity index (χ3v) is 5.47. The average molecular weight is 354 g/mol. The molecular formula is C18H22N6O2. The maximum Gasteiger partial charge on any atom is 0.253 e. The Hall–Kier alpha value is -2.77. The Morgan fingerprint density at radius 1 is 1.19 bits per heavy atom. The summed E-state index contributed by atoms with van der Waals surface area (Å²) < 4.78 is 1.51. The summed E-state index contributed by atoms with van der Waals surface area (Å²) in [6.07, 6.45) is 9.22. The van der Waals surface area contributed by atoms with Gasteiger partial charge < -0.3 is 10.2 Å². The summed E-state index contributed by atoms with van der Waals surface area (Å²) in [5.41, 5.74) is 0.935. The van der Waals surface area contributed by atoms with E-state index in [1.54, 1.807) is 19.1 Å². The summed E-state index contributed by atoms with van der Waals surface area (Å²) >= 11 is 0. The van der Waals surface area contributed by atoms with E-state index in [1.807, 2.05) is 4.90 Å². The van der Waals surface area contributed by atoms with Crippen molar-refractivity contribution in [2.24, 2.45) is 5.41 Å². The van der Waals surface area contributed by atoms with E-state index in [4.69, 9.17) is 0 Å². The van der Waals surface area contributed by atoms with Crippen molar-refractivity contribution in [3.8, 4) is 5.82 Å². The van der Waals surface area contributed by atoms with Crippen molar-refractivity contribution < 1.29 is 9.59 Å². The molecule has 3 heterocycles. The van der Waals surface area contributed by atoms with Gasteiger partial charge >= 0.3 is 0 Å². The van der Waals surface area contributed by atoms with Gasteiger partial charge in [0, 0.05) is 19.3 Å². The van der Waals surface area contributed by atoms with Crippen molar-refractivity contribution in [1.29, 1.82) is 0 Å². The summed E-state index contributed by atoms with van der Waals surface area (Å²) in [6, 6.07) is 2.80. The molecule has 1 atom stereocenters. The van der Waals surface area contributed by atoms with Crippen LogP contribution in [0.15, 0.2) is 31.0 Å². The van der Waals surface area contributed by atoms with Crippen LogP contribution in [0.2, 0.25) is 0 Å². The van der Waals surface area contributed by atoms with Gasteiger partial charge in [0.25, 0.3) is 5.91 Å². The molecule has 1 saturated heterocycles. The summed E-state index contributed by atoms with van der Waals surface area (Å²) in [6.45, 7) is 3.33. The fourth-order valence-electron chi connectivity index (χ4n) is 3.48. The lowest BCUT2D eigenvalue weighted by molar-refractivity contribution is -0.134. The van der Waals surface area contributed by atoms with Gasteiger partial charge in [-0.3, -0.25) is 9.59 Å². The first-order chi connectivity index (χ1) is 12.6. The summed E-state index contributed by atoms with van der Waals surface area (Å²) in [7, 11) is 0. The molecule has 2 aromatic heterocycles. The zero-order chi connectivity index (χ0) is 18.1. The molecule has 2 fully saturated rings. The van der Waals surface area contributed by atoms with Crippen LogP contribution in [-0.4, -0.2) is 55.6 Å². The third kappa shape index (κ3) is 3.31. The molecule has 4 rings (SSSR count). The molecule has 1 spiro atoms. The Balaban J connectivity index is 1.34. The van der Waals surface area contributed by atoms with E-state index in [1.165, 1.54) is 36.4 Å². The van der Waals surface area contributed by atoms with Crippen LogP contribution in [0.5, 0.6) is 0 Å². The largest absolute Gasteiger partial charge is 0.341 e. The number of carbonyl (C=O) groups excluding carboxylic acids is 2. The Bertz CT molecular complexity index is 788. The van der Waals surface area contributed by atoms with Crippen LogP contribution in [0.4, 0.5) is 0 Å². The topological polar surface area (TPSA) is 93.0 Å². The maximum atomic E-state index is 12.6. The number of carbonyl (C=O) groups is 2. The standard InChI is InChI=1S/C18H22N6O2/c1-13(17(26)23-8-6-18(4-5-18)7-9-23)22-16(25)14-2-3-15(20-10-14)24-12-19-11-21-24/h2-3,10-13H,4-9H2,1H3,(H,22,25). The van der Waals surface area contributed by atoms with Gasteiger partial charge in [-0.1, -0.05) is 0 Å². The van der Waals surface area contributed by atoms with E-state index in [-0.39, 0.29) is 11.8 Å². The minimum atomic E-state index is -0.550. The van der Waals surface area contributed by atoms with Crippen LogP contribution in [0.3, 0.4) is 0 Å². The second-order valence-corrected chi connectivity index (χ2v) is 7.27. The van der Waals surface area contributed by atoms with Gasteiger partial charge in [-0.05, 0) is 50.2 Å². The third-order valence-electron chi connectivity index (χ3n) is 5.47. The highest BCUT2D eigenvalue weighted by Gasteiger charge is 2.45. The maximum absolute atomic E-state index is 12.6. The molecule has 8 heteroatoms. The lowest BCUT2D eigenvalue weighted by Crippen LogP contribution is -2.49. The van der Waals surface area contributed by atoms with E-state index in [2.05, 4.69) is 20.4 Å². The Kier molecular flexibility index (Phi) is 4.18. The number of nitrogens with one attached hydrogen (secondary N) is 1. The quantitative estimate of drug-likeness (QED) is 0.890. The van der Waals surface area contributed by atoms with Crippen molar-refractivity contribution in [2.45, 2.75) is 38.6 Å². The summed E-state index contributed by atoms with van der Waals surface area (Å²) in [4.78, 5) is 34.9. The molecule has 1 aliphatic heterocycles. The predicted molar refractivity (Wildman–Crippen MR) is 93.6 cm³/mol. The normalized spacial score (nSPS) is 19.2. The molecule has 26 heavy (non-hydrogen) atoms. The lowest BCUT2D eigenvalue weighted by atomic mass is 9.93. The van der Waals surface area contributed by atoms with Crippen LogP contribution in [0.1, 0.15) is 43.0 Å².